The molecule has 0 atom stereocenters. The number of anilines is 1. The number of para-hydroxylation sites is 2. The van der Waals surface area contributed by atoms with Crippen molar-refractivity contribution in [3.05, 3.63) is 74.7 Å². The van der Waals surface area contributed by atoms with Gasteiger partial charge in [-0.3, -0.25) is 4.79 Å². The van der Waals surface area contributed by atoms with Crippen molar-refractivity contribution in [3.8, 4) is 17.1 Å². The number of carbonyl (C=O) groups is 1. The highest BCUT2D eigenvalue weighted by Crippen LogP contribution is 2.34. The molecule has 7 heteroatoms. The number of aromatic amines is 1. The minimum absolute atomic E-state index is 0.256. The summed E-state index contributed by atoms with van der Waals surface area (Å²) in [5.74, 6) is 0.981. The molecule has 1 heterocycles. The van der Waals surface area contributed by atoms with Gasteiger partial charge in [0.15, 0.2) is 0 Å². The first-order chi connectivity index (χ1) is 14.0. The third-order valence-electron chi connectivity index (χ3n) is 4.61. The summed E-state index contributed by atoms with van der Waals surface area (Å²) in [4.78, 5) is 20.9. The number of aryl methyl sites for hydroxylation is 1. The molecule has 0 unspecified atom stereocenters. The average molecular weight is 515 g/mol. The number of methoxy groups -OCH3 is 1. The van der Waals surface area contributed by atoms with Crippen molar-refractivity contribution in [3.63, 3.8) is 0 Å². The van der Waals surface area contributed by atoms with Crippen LogP contribution >= 0.6 is 31.9 Å². The number of fused-ring (bicyclic) bond motifs is 1. The van der Waals surface area contributed by atoms with Crippen LogP contribution < -0.4 is 10.1 Å². The standard InChI is InChI=1S/C22H17Br2N3O2/c1-12-7-8-13(21-25-17-5-3-4-6-18(17)26-21)9-19(12)27-22(28)15-10-14(23)11-16(24)20(15)29-2/h3-11H,1-2H3,(H,25,26)(H,27,28). The lowest BCUT2D eigenvalue weighted by Gasteiger charge is -2.13. The van der Waals surface area contributed by atoms with Gasteiger partial charge >= 0.3 is 0 Å². The van der Waals surface area contributed by atoms with E-state index in [4.69, 9.17) is 4.74 Å². The molecule has 4 aromatic rings. The number of nitrogens with one attached hydrogen (secondary N) is 2. The first-order valence-electron chi connectivity index (χ1n) is 8.86. The lowest BCUT2D eigenvalue weighted by atomic mass is 10.1. The summed E-state index contributed by atoms with van der Waals surface area (Å²) in [5, 5.41) is 3.00. The summed E-state index contributed by atoms with van der Waals surface area (Å²) in [6, 6.07) is 17.3. The van der Waals surface area contributed by atoms with Gasteiger partial charge in [0.2, 0.25) is 0 Å². The van der Waals surface area contributed by atoms with E-state index < -0.39 is 0 Å². The van der Waals surface area contributed by atoms with Gasteiger partial charge in [0.25, 0.3) is 5.91 Å². The molecule has 0 aliphatic rings. The first kappa shape index (κ1) is 19.7. The van der Waals surface area contributed by atoms with Gasteiger partial charge in [-0.25, -0.2) is 4.98 Å². The van der Waals surface area contributed by atoms with Crippen LogP contribution in [-0.2, 0) is 0 Å². The van der Waals surface area contributed by atoms with Crippen LogP contribution in [0, 0.1) is 6.92 Å². The first-order valence-corrected chi connectivity index (χ1v) is 10.4. The van der Waals surface area contributed by atoms with E-state index in [1.807, 2.05) is 55.5 Å². The predicted molar refractivity (Wildman–Crippen MR) is 123 cm³/mol. The summed E-state index contributed by atoms with van der Waals surface area (Å²) in [7, 11) is 1.54. The monoisotopic (exact) mass is 513 g/mol. The molecule has 29 heavy (non-hydrogen) atoms. The number of imidazole rings is 1. The molecule has 5 nitrogen and oxygen atoms in total. The fourth-order valence-electron chi connectivity index (χ4n) is 3.12. The van der Waals surface area contributed by atoms with E-state index in [1.54, 1.807) is 6.07 Å². The normalized spacial score (nSPS) is 10.9. The number of nitrogens with zero attached hydrogens (tertiary/aromatic N) is 1. The number of carbonyl (C=O) groups excluding carboxylic acids is 1. The van der Waals surface area contributed by atoms with Crippen LogP contribution in [0.25, 0.3) is 22.4 Å². The minimum atomic E-state index is -0.256. The van der Waals surface area contributed by atoms with Crippen LogP contribution in [0.5, 0.6) is 5.75 Å². The third-order valence-corrected chi connectivity index (χ3v) is 5.65. The van der Waals surface area contributed by atoms with Crippen molar-refractivity contribution >= 4 is 54.5 Å². The van der Waals surface area contributed by atoms with Gasteiger partial charge in [0.1, 0.15) is 11.6 Å². The summed E-state index contributed by atoms with van der Waals surface area (Å²) in [6.45, 7) is 1.95. The van der Waals surface area contributed by atoms with Crippen LogP contribution in [0.15, 0.2) is 63.5 Å². The van der Waals surface area contributed by atoms with E-state index in [0.717, 1.165) is 32.5 Å². The highest BCUT2D eigenvalue weighted by Gasteiger charge is 2.18. The maximum absolute atomic E-state index is 13.0. The number of hydrogen-bond acceptors (Lipinski definition) is 3. The van der Waals surface area contributed by atoms with E-state index in [-0.39, 0.29) is 5.91 Å². The zero-order chi connectivity index (χ0) is 20.5. The van der Waals surface area contributed by atoms with E-state index in [9.17, 15) is 4.79 Å². The molecule has 0 bridgehead atoms. The Labute approximate surface area is 184 Å². The lowest BCUT2D eigenvalue weighted by Crippen LogP contribution is -2.14. The number of hydrogen-bond donors (Lipinski definition) is 2. The third kappa shape index (κ3) is 3.93. The topological polar surface area (TPSA) is 67.0 Å². The smallest absolute Gasteiger partial charge is 0.259 e. The van der Waals surface area contributed by atoms with Crippen LogP contribution in [-0.4, -0.2) is 23.0 Å². The second kappa shape index (κ2) is 8.00. The van der Waals surface area contributed by atoms with E-state index in [1.165, 1.54) is 7.11 Å². The number of halogens is 2. The van der Waals surface area contributed by atoms with Gasteiger partial charge in [-0.05, 0) is 58.7 Å². The van der Waals surface area contributed by atoms with E-state index >= 15 is 0 Å². The molecule has 4 rings (SSSR count). The maximum Gasteiger partial charge on any atom is 0.259 e. The lowest BCUT2D eigenvalue weighted by molar-refractivity contribution is 0.102. The van der Waals surface area contributed by atoms with Crippen LogP contribution in [0.3, 0.4) is 0 Å². The molecule has 0 radical (unpaired) electrons. The largest absolute Gasteiger partial charge is 0.495 e. The number of rotatable bonds is 4. The Morgan fingerprint density at radius 3 is 2.66 bits per heavy atom. The van der Waals surface area contributed by atoms with Crippen molar-refractivity contribution < 1.29 is 9.53 Å². The molecular formula is C22H17Br2N3O2. The van der Waals surface area contributed by atoms with Crippen LogP contribution in [0.4, 0.5) is 5.69 Å². The zero-order valence-electron chi connectivity index (χ0n) is 15.7. The fourth-order valence-corrected chi connectivity index (χ4v) is 4.51. The predicted octanol–water partition coefficient (Wildman–Crippen LogP) is 6.32. The molecule has 0 saturated heterocycles. The Bertz CT molecular complexity index is 1200. The molecule has 3 aromatic carbocycles. The van der Waals surface area contributed by atoms with Crippen molar-refractivity contribution in [2.24, 2.45) is 0 Å². The van der Waals surface area contributed by atoms with Gasteiger partial charge in [-0.1, -0.05) is 40.2 Å². The molecule has 146 valence electrons. The molecule has 2 N–H and O–H groups in total. The second-order valence-corrected chi connectivity index (χ2v) is 8.32. The van der Waals surface area contributed by atoms with Gasteiger partial charge in [0.05, 0.1) is 28.2 Å². The molecule has 0 spiro atoms. The Morgan fingerprint density at radius 1 is 1.10 bits per heavy atom. The van der Waals surface area contributed by atoms with Gasteiger partial charge < -0.3 is 15.0 Å². The van der Waals surface area contributed by atoms with Gasteiger partial charge in [-0.15, -0.1) is 0 Å². The Kier molecular flexibility index (Phi) is 5.43. The van der Waals surface area contributed by atoms with E-state index in [0.29, 0.717) is 21.5 Å². The minimum Gasteiger partial charge on any atom is -0.495 e. The summed E-state index contributed by atoms with van der Waals surface area (Å²) in [6.07, 6.45) is 0. The van der Waals surface area contributed by atoms with Crippen molar-refractivity contribution in [1.82, 2.24) is 9.97 Å². The molecule has 0 fully saturated rings. The number of H-pyrrole nitrogens is 1. The summed E-state index contributed by atoms with van der Waals surface area (Å²) >= 11 is 6.86. The molecule has 1 aromatic heterocycles. The average Bonchev–Trinajstić information content (AvgIpc) is 3.13. The Balaban J connectivity index is 1.69. The number of aromatic nitrogens is 2. The summed E-state index contributed by atoms with van der Waals surface area (Å²) in [5.41, 5.74) is 4.86. The Hall–Kier alpha value is -2.64. The molecule has 0 aliphatic heterocycles. The maximum atomic E-state index is 13.0. The quantitative estimate of drug-likeness (QED) is 0.334. The molecule has 1 amide bonds. The highest BCUT2D eigenvalue weighted by molar-refractivity contribution is 9.11. The van der Waals surface area contributed by atoms with Gasteiger partial charge in [0, 0.05) is 15.7 Å². The number of benzene rings is 3. The highest BCUT2D eigenvalue weighted by atomic mass is 79.9. The molecular weight excluding hydrogens is 498 g/mol. The van der Waals surface area contributed by atoms with Crippen molar-refractivity contribution in [2.75, 3.05) is 12.4 Å². The second-order valence-electron chi connectivity index (χ2n) is 6.55. The molecule has 0 saturated carbocycles. The molecule has 0 aliphatic carbocycles. The summed E-state index contributed by atoms with van der Waals surface area (Å²) < 4.78 is 6.89. The van der Waals surface area contributed by atoms with Crippen LogP contribution in [0.2, 0.25) is 0 Å². The van der Waals surface area contributed by atoms with Crippen molar-refractivity contribution in [2.45, 2.75) is 6.92 Å². The number of amides is 1. The number of ether oxygens (including phenoxy) is 1. The van der Waals surface area contributed by atoms with Crippen LogP contribution in [0.1, 0.15) is 15.9 Å². The fraction of sp³-hybridized carbons (Fsp3) is 0.0909. The van der Waals surface area contributed by atoms with Crippen molar-refractivity contribution in [1.29, 1.82) is 0 Å². The van der Waals surface area contributed by atoms with Gasteiger partial charge in [-0.2, -0.15) is 0 Å². The Morgan fingerprint density at radius 2 is 1.90 bits per heavy atom. The SMILES string of the molecule is COc1c(Br)cc(Br)cc1C(=O)Nc1cc(-c2nc3ccccc3[nH]2)ccc1C. The zero-order valence-corrected chi connectivity index (χ0v) is 18.9. The van der Waals surface area contributed by atoms with E-state index in [2.05, 4.69) is 47.1 Å².